The van der Waals surface area contributed by atoms with Gasteiger partial charge in [0, 0.05) is 11.3 Å². The Balaban J connectivity index is 2.55. The van der Waals surface area contributed by atoms with Crippen LogP contribution in [0.25, 0.3) is 0 Å². The molecule has 0 heterocycles. The topological polar surface area (TPSA) is 58.9 Å². The van der Waals surface area contributed by atoms with Crippen molar-refractivity contribution in [3.8, 4) is 0 Å². The molecule has 2 saturated carbocycles. The molecule has 74 valence electrons. The van der Waals surface area contributed by atoms with Crippen LogP contribution in [0.1, 0.15) is 32.6 Å². The molecule has 2 rings (SSSR count). The van der Waals surface area contributed by atoms with Gasteiger partial charge in [0.25, 0.3) is 0 Å². The summed E-state index contributed by atoms with van der Waals surface area (Å²) in [5, 5.41) is 0. The Labute approximate surface area is 82.1 Å². The standard InChI is InChI=1S/C10H12N2O2/c1-9-4-2-8(3-5-9)10(9,11-6-13)12-7-14/h8H,2-5H2,1H3. The summed E-state index contributed by atoms with van der Waals surface area (Å²) in [5.74, 6) is 0.232. The lowest BCUT2D eigenvalue weighted by Gasteiger charge is -2.30. The largest absolute Gasteiger partial charge is 0.237 e. The van der Waals surface area contributed by atoms with Crippen molar-refractivity contribution in [3.05, 3.63) is 0 Å². The highest BCUT2D eigenvalue weighted by atomic mass is 16.1. The number of isocyanates is 2. The first-order valence-electron chi connectivity index (χ1n) is 4.86. The number of rotatable bonds is 2. The highest BCUT2D eigenvalue weighted by Crippen LogP contribution is 2.62. The third kappa shape index (κ3) is 0.899. The molecule has 2 fully saturated rings. The first-order valence-corrected chi connectivity index (χ1v) is 4.86. The second-order valence-electron chi connectivity index (χ2n) is 4.47. The minimum absolute atomic E-state index is 0.132. The molecule has 0 atom stereocenters. The van der Waals surface area contributed by atoms with E-state index in [0.29, 0.717) is 0 Å². The number of hydrogen-bond donors (Lipinski definition) is 0. The average Bonchev–Trinajstić information content (AvgIpc) is 2.56. The maximum absolute atomic E-state index is 10.4. The molecule has 0 amide bonds. The lowest BCUT2D eigenvalue weighted by atomic mass is 9.81. The molecule has 2 aliphatic rings. The molecule has 0 aromatic rings. The molecule has 0 radical (unpaired) electrons. The molecular formula is C10H12N2O2. The second-order valence-corrected chi connectivity index (χ2v) is 4.47. The van der Waals surface area contributed by atoms with Gasteiger partial charge in [-0.15, -0.1) is 0 Å². The lowest BCUT2D eigenvalue weighted by molar-refractivity contribution is 0.215. The van der Waals surface area contributed by atoms with E-state index in [4.69, 9.17) is 0 Å². The van der Waals surface area contributed by atoms with Crippen molar-refractivity contribution < 1.29 is 9.59 Å². The zero-order chi connectivity index (χ0) is 10.2. The zero-order valence-electron chi connectivity index (χ0n) is 8.12. The van der Waals surface area contributed by atoms with E-state index in [-0.39, 0.29) is 11.3 Å². The van der Waals surface area contributed by atoms with E-state index in [1.807, 2.05) is 6.92 Å². The molecule has 4 heteroatoms. The number of nitrogens with zero attached hydrogens (tertiary/aromatic N) is 2. The van der Waals surface area contributed by atoms with Crippen LogP contribution in [-0.4, -0.2) is 17.8 Å². The highest BCUT2D eigenvalue weighted by Gasteiger charge is 2.63. The Hall–Kier alpha value is -1.24. The summed E-state index contributed by atoms with van der Waals surface area (Å²) in [7, 11) is 0. The van der Waals surface area contributed by atoms with Crippen molar-refractivity contribution in [1.82, 2.24) is 0 Å². The Kier molecular flexibility index (Phi) is 1.91. The molecule has 2 bridgehead atoms. The van der Waals surface area contributed by atoms with Gasteiger partial charge < -0.3 is 0 Å². The lowest BCUT2D eigenvalue weighted by Crippen LogP contribution is -2.37. The Morgan fingerprint density at radius 3 is 1.93 bits per heavy atom. The highest BCUT2D eigenvalue weighted by molar-refractivity contribution is 5.42. The van der Waals surface area contributed by atoms with E-state index < -0.39 is 5.66 Å². The predicted octanol–water partition coefficient (Wildman–Crippen LogP) is 1.56. The van der Waals surface area contributed by atoms with E-state index in [1.54, 1.807) is 12.2 Å². The number of fused-ring (bicyclic) bond motifs is 2. The van der Waals surface area contributed by atoms with Gasteiger partial charge in [0.15, 0.2) is 5.66 Å². The molecule has 0 unspecified atom stereocenters. The summed E-state index contributed by atoms with van der Waals surface area (Å²) in [6.45, 7) is 2.04. The number of carbonyl (C=O) groups excluding carboxylic acids is 2. The van der Waals surface area contributed by atoms with Crippen molar-refractivity contribution in [3.63, 3.8) is 0 Å². The number of aliphatic imine (C=N–C) groups is 2. The molecule has 4 nitrogen and oxygen atoms in total. The fraction of sp³-hybridized carbons (Fsp3) is 0.800. The fourth-order valence-corrected chi connectivity index (χ4v) is 3.13. The molecular weight excluding hydrogens is 180 g/mol. The van der Waals surface area contributed by atoms with Crippen LogP contribution < -0.4 is 0 Å². The Morgan fingerprint density at radius 2 is 1.64 bits per heavy atom. The van der Waals surface area contributed by atoms with Crippen LogP contribution in [0.2, 0.25) is 0 Å². The van der Waals surface area contributed by atoms with Crippen molar-refractivity contribution in [2.45, 2.75) is 38.3 Å². The molecule has 0 N–H and O–H groups in total. The van der Waals surface area contributed by atoms with Gasteiger partial charge in [-0.3, -0.25) is 0 Å². The smallest absolute Gasteiger partial charge is 0.211 e. The Bertz CT molecular complexity index is 325. The van der Waals surface area contributed by atoms with Crippen LogP contribution in [0.15, 0.2) is 9.98 Å². The van der Waals surface area contributed by atoms with Crippen LogP contribution in [0.5, 0.6) is 0 Å². The van der Waals surface area contributed by atoms with Gasteiger partial charge >= 0.3 is 0 Å². The summed E-state index contributed by atoms with van der Waals surface area (Å²) in [4.78, 5) is 28.5. The monoisotopic (exact) mass is 192 g/mol. The second kappa shape index (κ2) is 2.88. The van der Waals surface area contributed by atoms with Gasteiger partial charge in [-0.05, 0) is 25.7 Å². The molecule has 2 aliphatic carbocycles. The molecule has 0 saturated heterocycles. The third-order valence-corrected chi connectivity index (χ3v) is 3.98. The summed E-state index contributed by atoms with van der Waals surface area (Å²) < 4.78 is 0. The van der Waals surface area contributed by atoms with Gasteiger partial charge in [0.2, 0.25) is 12.2 Å². The van der Waals surface area contributed by atoms with Gasteiger partial charge in [0.05, 0.1) is 0 Å². The van der Waals surface area contributed by atoms with Crippen LogP contribution in [0, 0.1) is 11.3 Å². The van der Waals surface area contributed by atoms with E-state index in [2.05, 4.69) is 9.98 Å². The maximum atomic E-state index is 10.4. The average molecular weight is 192 g/mol. The first-order chi connectivity index (χ1) is 6.68. The SMILES string of the molecule is CC12CCC(CC1)C2(N=C=O)N=C=O. The minimum Gasteiger partial charge on any atom is -0.211 e. The van der Waals surface area contributed by atoms with E-state index >= 15 is 0 Å². The van der Waals surface area contributed by atoms with Crippen LogP contribution >= 0.6 is 0 Å². The van der Waals surface area contributed by atoms with Crippen molar-refractivity contribution >= 4 is 12.2 Å². The van der Waals surface area contributed by atoms with E-state index in [0.717, 1.165) is 25.7 Å². The van der Waals surface area contributed by atoms with Crippen molar-refractivity contribution in [1.29, 1.82) is 0 Å². The predicted molar refractivity (Wildman–Crippen MR) is 49.0 cm³/mol. The first kappa shape index (κ1) is 9.32. The number of hydrogen-bond acceptors (Lipinski definition) is 4. The van der Waals surface area contributed by atoms with Crippen molar-refractivity contribution in [2.75, 3.05) is 0 Å². The Morgan fingerprint density at radius 1 is 1.14 bits per heavy atom. The molecule has 0 aromatic heterocycles. The van der Waals surface area contributed by atoms with Gasteiger partial charge in [0.1, 0.15) is 0 Å². The normalized spacial score (nSPS) is 44.2. The van der Waals surface area contributed by atoms with Crippen LogP contribution in [0.3, 0.4) is 0 Å². The quantitative estimate of drug-likeness (QED) is 0.492. The van der Waals surface area contributed by atoms with E-state index in [9.17, 15) is 9.59 Å². The summed E-state index contributed by atoms with van der Waals surface area (Å²) >= 11 is 0. The van der Waals surface area contributed by atoms with Crippen LogP contribution in [-0.2, 0) is 9.59 Å². The maximum Gasteiger partial charge on any atom is 0.237 e. The van der Waals surface area contributed by atoms with Crippen LogP contribution in [0.4, 0.5) is 0 Å². The fourth-order valence-electron chi connectivity index (χ4n) is 3.13. The third-order valence-electron chi connectivity index (χ3n) is 3.98. The molecule has 0 aliphatic heterocycles. The van der Waals surface area contributed by atoms with Gasteiger partial charge in [-0.25, -0.2) is 9.59 Å². The van der Waals surface area contributed by atoms with Crippen molar-refractivity contribution in [2.24, 2.45) is 21.3 Å². The summed E-state index contributed by atoms with van der Waals surface area (Å²) in [6, 6.07) is 0. The summed E-state index contributed by atoms with van der Waals surface area (Å²) in [5.41, 5.74) is -0.969. The molecule has 14 heavy (non-hydrogen) atoms. The zero-order valence-corrected chi connectivity index (χ0v) is 8.12. The summed E-state index contributed by atoms with van der Waals surface area (Å²) in [6.07, 6.45) is 7.07. The van der Waals surface area contributed by atoms with Gasteiger partial charge in [-0.2, -0.15) is 9.98 Å². The molecule has 0 spiro atoms. The van der Waals surface area contributed by atoms with Gasteiger partial charge in [-0.1, -0.05) is 6.92 Å². The molecule has 0 aromatic carbocycles. The van der Waals surface area contributed by atoms with E-state index in [1.165, 1.54) is 0 Å². The minimum atomic E-state index is -0.837.